The van der Waals surface area contributed by atoms with E-state index >= 15 is 0 Å². The van der Waals surface area contributed by atoms with Crippen molar-refractivity contribution in [1.29, 1.82) is 0 Å². The van der Waals surface area contributed by atoms with E-state index in [9.17, 15) is 8.78 Å². The van der Waals surface area contributed by atoms with E-state index in [1.54, 1.807) is 12.1 Å². The van der Waals surface area contributed by atoms with Crippen LogP contribution in [0.1, 0.15) is 37.7 Å². The van der Waals surface area contributed by atoms with Crippen molar-refractivity contribution in [3.63, 3.8) is 0 Å². The molecule has 2 atom stereocenters. The van der Waals surface area contributed by atoms with Crippen LogP contribution >= 0.6 is 15.9 Å². The summed E-state index contributed by atoms with van der Waals surface area (Å²) >= 11 is 3.66. The van der Waals surface area contributed by atoms with Gasteiger partial charge in [-0.05, 0) is 36.8 Å². The summed E-state index contributed by atoms with van der Waals surface area (Å²) in [5, 5.41) is 0. The van der Waals surface area contributed by atoms with Crippen molar-refractivity contribution < 1.29 is 8.78 Å². The molecule has 0 radical (unpaired) electrons. The lowest BCUT2D eigenvalue weighted by Gasteiger charge is -2.16. The normalized spacial score (nSPS) is 25.6. The first-order valence-corrected chi connectivity index (χ1v) is 7.15. The van der Waals surface area contributed by atoms with Crippen LogP contribution in [0.4, 0.5) is 8.78 Å². The second-order valence-electron chi connectivity index (χ2n) is 4.90. The second-order valence-corrected chi connectivity index (χ2v) is 6.20. The monoisotopic (exact) mass is 302 g/mol. The molecule has 0 saturated heterocycles. The molecule has 2 unspecified atom stereocenters. The van der Waals surface area contributed by atoms with Gasteiger partial charge in [0.1, 0.15) is 0 Å². The molecule has 0 aromatic heterocycles. The Morgan fingerprint density at radius 3 is 2.76 bits per heavy atom. The predicted octanol–water partition coefficient (Wildman–Crippen LogP) is 4.85. The number of hydrogen-bond acceptors (Lipinski definition) is 0. The summed E-state index contributed by atoms with van der Waals surface area (Å²) < 4.78 is 26.7. The zero-order valence-corrected chi connectivity index (χ0v) is 11.3. The van der Waals surface area contributed by atoms with Crippen molar-refractivity contribution >= 4 is 15.9 Å². The lowest BCUT2D eigenvalue weighted by atomic mass is 9.92. The first-order valence-electron chi connectivity index (χ1n) is 6.23. The van der Waals surface area contributed by atoms with E-state index in [1.807, 2.05) is 0 Å². The fourth-order valence-corrected chi connectivity index (χ4v) is 3.45. The van der Waals surface area contributed by atoms with Crippen molar-refractivity contribution in [2.24, 2.45) is 5.92 Å². The summed E-state index contributed by atoms with van der Waals surface area (Å²) in [4.78, 5) is 0.534. The van der Waals surface area contributed by atoms with Crippen LogP contribution in [-0.4, -0.2) is 4.83 Å². The van der Waals surface area contributed by atoms with Gasteiger partial charge in [0.15, 0.2) is 11.6 Å². The highest BCUT2D eigenvalue weighted by atomic mass is 79.9. The molecule has 2 rings (SSSR count). The Bertz CT molecular complexity index is 378. The first kappa shape index (κ1) is 13.0. The third-order valence-electron chi connectivity index (χ3n) is 3.51. The van der Waals surface area contributed by atoms with Gasteiger partial charge in [-0.3, -0.25) is 0 Å². The highest BCUT2D eigenvalue weighted by molar-refractivity contribution is 9.09. The molecular formula is C14H17BrF2. The largest absolute Gasteiger partial charge is 0.204 e. The van der Waals surface area contributed by atoms with Crippen molar-refractivity contribution in [2.75, 3.05) is 0 Å². The molecule has 1 fully saturated rings. The summed E-state index contributed by atoms with van der Waals surface area (Å²) in [5.41, 5.74) is 0.525. The van der Waals surface area contributed by atoms with E-state index in [0.29, 0.717) is 22.7 Å². The Morgan fingerprint density at radius 1 is 1.18 bits per heavy atom. The van der Waals surface area contributed by atoms with E-state index in [4.69, 9.17) is 0 Å². The van der Waals surface area contributed by atoms with Crippen molar-refractivity contribution in [2.45, 2.75) is 43.4 Å². The Hall–Kier alpha value is -0.440. The average molecular weight is 303 g/mol. The molecule has 3 heteroatoms. The van der Waals surface area contributed by atoms with Gasteiger partial charge in [-0.1, -0.05) is 47.3 Å². The standard InChI is InChI=1S/C14H17BrF2/c15-12-6-2-1-4-10(9-12)8-11-5-3-7-13(16)14(11)17/h3,5,7,10,12H,1-2,4,6,8-9H2. The summed E-state index contributed by atoms with van der Waals surface area (Å²) in [6.45, 7) is 0. The van der Waals surface area contributed by atoms with Crippen LogP contribution in [0.25, 0.3) is 0 Å². The predicted molar refractivity (Wildman–Crippen MR) is 69.4 cm³/mol. The van der Waals surface area contributed by atoms with Gasteiger partial charge in [0, 0.05) is 4.83 Å². The number of alkyl halides is 1. The minimum Gasteiger partial charge on any atom is -0.204 e. The van der Waals surface area contributed by atoms with E-state index in [0.717, 1.165) is 12.8 Å². The SMILES string of the molecule is Fc1cccc(CC2CCCCC(Br)C2)c1F. The van der Waals surface area contributed by atoms with Gasteiger partial charge >= 0.3 is 0 Å². The molecule has 0 nitrogen and oxygen atoms in total. The van der Waals surface area contributed by atoms with E-state index in [2.05, 4.69) is 15.9 Å². The minimum absolute atomic E-state index is 0.471. The van der Waals surface area contributed by atoms with Gasteiger partial charge in [0.25, 0.3) is 0 Å². The molecule has 0 bridgehead atoms. The molecule has 1 saturated carbocycles. The first-order chi connectivity index (χ1) is 8.16. The Kier molecular flexibility index (Phi) is 4.55. The van der Waals surface area contributed by atoms with Crippen molar-refractivity contribution in [3.05, 3.63) is 35.4 Å². The Labute approximate surface area is 110 Å². The molecule has 0 aliphatic heterocycles. The van der Waals surface area contributed by atoms with Crippen LogP contribution in [0.5, 0.6) is 0 Å². The minimum atomic E-state index is -0.730. The lowest BCUT2D eigenvalue weighted by molar-refractivity contribution is 0.440. The summed E-state index contributed by atoms with van der Waals surface area (Å²) in [5.74, 6) is -0.924. The van der Waals surface area contributed by atoms with Gasteiger partial charge in [-0.2, -0.15) is 0 Å². The maximum absolute atomic E-state index is 13.6. The lowest BCUT2D eigenvalue weighted by Crippen LogP contribution is -2.10. The smallest absolute Gasteiger partial charge is 0.162 e. The van der Waals surface area contributed by atoms with Gasteiger partial charge in [0.05, 0.1) is 0 Å². The topological polar surface area (TPSA) is 0 Å². The number of halogens is 3. The van der Waals surface area contributed by atoms with Crippen molar-refractivity contribution in [1.82, 2.24) is 0 Å². The van der Waals surface area contributed by atoms with E-state index in [1.165, 1.54) is 25.3 Å². The number of rotatable bonds is 2. The molecule has 0 spiro atoms. The van der Waals surface area contributed by atoms with Crippen LogP contribution in [0, 0.1) is 17.6 Å². The molecule has 94 valence electrons. The second kappa shape index (κ2) is 5.94. The zero-order valence-electron chi connectivity index (χ0n) is 9.76. The van der Waals surface area contributed by atoms with Gasteiger partial charge in [0.2, 0.25) is 0 Å². The zero-order chi connectivity index (χ0) is 12.3. The summed E-state index contributed by atoms with van der Waals surface area (Å²) in [7, 11) is 0. The number of benzene rings is 1. The Morgan fingerprint density at radius 2 is 1.94 bits per heavy atom. The molecule has 1 aromatic rings. The third-order valence-corrected chi connectivity index (χ3v) is 4.34. The van der Waals surface area contributed by atoms with Crippen molar-refractivity contribution in [3.8, 4) is 0 Å². The van der Waals surface area contributed by atoms with Gasteiger partial charge in [-0.25, -0.2) is 8.78 Å². The number of hydrogen-bond donors (Lipinski definition) is 0. The molecule has 0 amide bonds. The van der Waals surface area contributed by atoms with Crippen LogP contribution in [0.2, 0.25) is 0 Å². The quantitative estimate of drug-likeness (QED) is 0.541. The molecule has 0 N–H and O–H groups in total. The highest BCUT2D eigenvalue weighted by Crippen LogP contribution is 2.30. The van der Waals surface area contributed by atoms with Crippen LogP contribution in [0.3, 0.4) is 0 Å². The van der Waals surface area contributed by atoms with E-state index in [-0.39, 0.29) is 0 Å². The summed E-state index contributed by atoms with van der Waals surface area (Å²) in [6, 6.07) is 4.47. The fourth-order valence-electron chi connectivity index (χ4n) is 2.60. The van der Waals surface area contributed by atoms with Crippen LogP contribution in [-0.2, 0) is 6.42 Å². The molecule has 1 aliphatic carbocycles. The van der Waals surface area contributed by atoms with Gasteiger partial charge < -0.3 is 0 Å². The molecule has 17 heavy (non-hydrogen) atoms. The molecule has 1 aromatic carbocycles. The molecular weight excluding hydrogens is 286 g/mol. The highest BCUT2D eigenvalue weighted by Gasteiger charge is 2.20. The average Bonchev–Trinajstić information content (AvgIpc) is 2.49. The maximum atomic E-state index is 13.6. The van der Waals surface area contributed by atoms with Crippen LogP contribution in [0.15, 0.2) is 18.2 Å². The van der Waals surface area contributed by atoms with Gasteiger partial charge in [-0.15, -0.1) is 0 Å². The van der Waals surface area contributed by atoms with E-state index < -0.39 is 11.6 Å². The maximum Gasteiger partial charge on any atom is 0.162 e. The third kappa shape index (κ3) is 3.51. The molecule has 0 heterocycles. The Balaban J connectivity index is 2.06. The fraction of sp³-hybridized carbons (Fsp3) is 0.571. The van der Waals surface area contributed by atoms with Crippen LogP contribution < -0.4 is 0 Å². The molecule has 1 aliphatic rings. The summed E-state index contributed by atoms with van der Waals surface area (Å²) in [6.07, 6.45) is 6.48.